The summed E-state index contributed by atoms with van der Waals surface area (Å²) in [7, 11) is 1.65. The van der Waals surface area contributed by atoms with Crippen molar-refractivity contribution in [1.29, 1.82) is 0 Å². The molecule has 1 aromatic carbocycles. The average Bonchev–Trinajstić information content (AvgIpc) is 2.18. The first-order valence-corrected chi connectivity index (χ1v) is 4.06. The second-order valence-electron chi connectivity index (χ2n) is 2.84. The molecule has 1 heterocycles. The lowest BCUT2D eigenvalue weighted by Gasteiger charge is -2.02. The number of methoxy groups -OCH3 is 1. The molecule has 0 spiro atoms. The zero-order chi connectivity index (χ0) is 9.26. The van der Waals surface area contributed by atoms with Gasteiger partial charge in [0.2, 0.25) is 0 Å². The van der Waals surface area contributed by atoms with Crippen LogP contribution in [0.1, 0.15) is 5.69 Å². The smallest absolute Gasteiger partial charge is 0.121 e. The van der Waals surface area contributed by atoms with Gasteiger partial charge in [0.15, 0.2) is 0 Å². The maximum Gasteiger partial charge on any atom is 0.121 e. The van der Waals surface area contributed by atoms with Crippen molar-refractivity contribution in [1.82, 2.24) is 9.97 Å². The zero-order valence-electron chi connectivity index (χ0n) is 7.61. The third-order valence-electron chi connectivity index (χ3n) is 2.04. The topological polar surface area (TPSA) is 35.0 Å². The van der Waals surface area contributed by atoms with E-state index < -0.39 is 0 Å². The number of nitrogens with zero attached hydrogens (tertiary/aromatic N) is 2. The summed E-state index contributed by atoms with van der Waals surface area (Å²) in [6, 6.07) is 5.80. The van der Waals surface area contributed by atoms with Crippen LogP contribution in [0, 0.1) is 6.92 Å². The van der Waals surface area contributed by atoms with Crippen LogP contribution in [0.4, 0.5) is 0 Å². The molecule has 0 saturated heterocycles. The number of ether oxygens (including phenoxy) is 1. The Bertz CT molecular complexity index is 440. The van der Waals surface area contributed by atoms with Gasteiger partial charge in [-0.3, -0.25) is 0 Å². The summed E-state index contributed by atoms with van der Waals surface area (Å²) in [6.07, 6.45) is 1.57. The van der Waals surface area contributed by atoms with Crippen molar-refractivity contribution in [2.24, 2.45) is 0 Å². The molecule has 0 aliphatic carbocycles. The predicted molar refractivity (Wildman–Crippen MR) is 50.8 cm³/mol. The molecule has 3 heteroatoms. The lowest BCUT2D eigenvalue weighted by Crippen LogP contribution is -1.88. The quantitative estimate of drug-likeness (QED) is 0.662. The minimum atomic E-state index is 0.825. The number of benzene rings is 1. The van der Waals surface area contributed by atoms with Gasteiger partial charge in [0.1, 0.15) is 12.1 Å². The Hall–Kier alpha value is -1.64. The maximum atomic E-state index is 5.10. The number of rotatable bonds is 1. The molecule has 2 aromatic rings. The molecule has 0 bridgehead atoms. The summed E-state index contributed by atoms with van der Waals surface area (Å²) in [5.41, 5.74) is 1.92. The van der Waals surface area contributed by atoms with Crippen molar-refractivity contribution in [3.8, 4) is 5.75 Å². The largest absolute Gasteiger partial charge is 0.497 e. The molecule has 0 aliphatic heterocycles. The summed E-state index contributed by atoms with van der Waals surface area (Å²) >= 11 is 0. The molecule has 0 N–H and O–H groups in total. The number of aromatic nitrogens is 2. The summed E-state index contributed by atoms with van der Waals surface area (Å²) < 4.78 is 5.10. The summed E-state index contributed by atoms with van der Waals surface area (Å²) in [4.78, 5) is 8.27. The van der Waals surface area contributed by atoms with Gasteiger partial charge in [-0.05, 0) is 19.1 Å². The fraction of sp³-hybridized carbons (Fsp3) is 0.200. The van der Waals surface area contributed by atoms with Gasteiger partial charge in [-0.15, -0.1) is 0 Å². The van der Waals surface area contributed by atoms with Crippen molar-refractivity contribution < 1.29 is 4.74 Å². The molecule has 0 unspecified atom stereocenters. The van der Waals surface area contributed by atoms with E-state index in [1.54, 1.807) is 13.4 Å². The van der Waals surface area contributed by atoms with E-state index >= 15 is 0 Å². The molecule has 0 aliphatic rings. The Kier molecular flexibility index (Phi) is 1.85. The standard InChI is InChI=1S/C10H10N2O/c1-7-9-4-3-8(13-2)5-10(9)12-6-11-7/h3-6H,1-2H3. The van der Waals surface area contributed by atoms with E-state index in [9.17, 15) is 0 Å². The first-order chi connectivity index (χ1) is 6.31. The summed E-state index contributed by atoms with van der Waals surface area (Å²) in [5.74, 6) is 0.825. The van der Waals surface area contributed by atoms with Gasteiger partial charge in [-0.1, -0.05) is 0 Å². The highest BCUT2D eigenvalue weighted by Crippen LogP contribution is 2.19. The molecule has 0 atom stereocenters. The van der Waals surface area contributed by atoms with Gasteiger partial charge >= 0.3 is 0 Å². The van der Waals surface area contributed by atoms with Crippen molar-refractivity contribution >= 4 is 10.9 Å². The van der Waals surface area contributed by atoms with E-state index in [1.165, 1.54) is 0 Å². The minimum Gasteiger partial charge on any atom is -0.497 e. The van der Waals surface area contributed by atoms with Crippen LogP contribution >= 0.6 is 0 Å². The van der Waals surface area contributed by atoms with Crippen LogP contribution in [0.15, 0.2) is 24.5 Å². The monoisotopic (exact) mass is 174 g/mol. The van der Waals surface area contributed by atoms with Crippen LogP contribution in [-0.4, -0.2) is 17.1 Å². The van der Waals surface area contributed by atoms with E-state index in [0.29, 0.717) is 0 Å². The van der Waals surface area contributed by atoms with Gasteiger partial charge < -0.3 is 4.74 Å². The lowest BCUT2D eigenvalue weighted by atomic mass is 10.2. The van der Waals surface area contributed by atoms with E-state index in [1.807, 2.05) is 25.1 Å². The van der Waals surface area contributed by atoms with Crippen LogP contribution in [0.2, 0.25) is 0 Å². The number of fused-ring (bicyclic) bond motifs is 1. The fourth-order valence-corrected chi connectivity index (χ4v) is 1.30. The molecule has 66 valence electrons. The molecule has 1 aromatic heterocycles. The van der Waals surface area contributed by atoms with Crippen molar-refractivity contribution in [2.75, 3.05) is 7.11 Å². The van der Waals surface area contributed by atoms with Crippen LogP contribution in [0.3, 0.4) is 0 Å². The lowest BCUT2D eigenvalue weighted by molar-refractivity contribution is 0.415. The number of hydrogen-bond acceptors (Lipinski definition) is 3. The van der Waals surface area contributed by atoms with E-state index in [4.69, 9.17) is 4.74 Å². The first-order valence-electron chi connectivity index (χ1n) is 4.06. The maximum absolute atomic E-state index is 5.10. The molecular weight excluding hydrogens is 164 g/mol. The Balaban J connectivity index is 2.72. The van der Waals surface area contributed by atoms with Gasteiger partial charge in [0.25, 0.3) is 0 Å². The predicted octanol–water partition coefficient (Wildman–Crippen LogP) is 1.95. The van der Waals surface area contributed by atoms with Gasteiger partial charge in [-0.2, -0.15) is 0 Å². The molecule has 0 saturated carbocycles. The molecule has 0 radical (unpaired) electrons. The van der Waals surface area contributed by atoms with Crippen molar-refractivity contribution in [3.05, 3.63) is 30.2 Å². The molecular formula is C10H10N2O. The second kappa shape index (κ2) is 3.01. The Labute approximate surface area is 76.4 Å². The van der Waals surface area contributed by atoms with Crippen LogP contribution < -0.4 is 4.74 Å². The normalized spacial score (nSPS) is 10.3. The Morgan fingerprint density at radius 3 is 2.85 bits per heavy atom. The Morgan fingerprint density at radius 2 is 2.08 bits per heavy atom. The first kappa shape index (κ1) is 7.98. The highest BCUT2D eigenvalue weighted by Gasteiger charge is 1.99. The van der Waals surface area contributed by atoms with E-state index in [2.05, 4.69) is 9.97 Å². The number of aryl methyl sites for hydroxylation is 1. The van der Waals surface area contributed by atoms with E-state index in [0.717, 1.165) is 22.3 Å². The Morgan fingerprint density at radius 1 is 1.23 bits per heavy atom. The zero-order valence-corrected chi connectivity index (χ0v) is 7.61. The average molecular weight is 174 g/mol. The third kappa shape index (κ3) is 1.33. The van der Waals surface area contributed by atoms with Crippen LogP contribution in [0.25, 0.3) is 10.9 Å². The highest BCUT2D eigenvalue weighted by molar-refractivity contribution is 5.81. The van der Waals surface area contributed by atoms with E-state index in [-0.39, 0.29) is 0 Å². The molecule has 0 amide bonds. The van der Waals surface area contributed by atoms with Gasteiger partial charge in [0, 0.05) is 17.1 Å². The molecule has 3 nitrogen and oxygen atoms in total. The van der Waals surface area contributed by atoms with Crippen molar-refractivity contribution in [2.45, 2.75) is 6.92 Å². The molecule has 13 heavy (non-hydrogen) atoms. The third-order valence-corrected chi connectivity index (χ3v) is 2.04. The summed E-state index contributed by atoms with van der Waals surface area (Å²) in [5, 5.41) is 1.07. The fourth-order valence-electron chi connectivity index (χ4n) is 1.30. The van der Waals surface area contributed by atoms with Crippen molar-refractivity contribution in [3.63, 3.8) is 0 Å². The molecule has 0 fully saturated rings. The van der Waals surface area contributed by atoms with Crippen LogP contribution in [-0.2, 0) is 0 Å². The molecule has 2 rings (SSSR count). The van der Waals surface area contributed by atoms with Crippen LogP contribution in [0.5, 0.6) is 5.75 Å². The summed E-state index contributed by atoms with van der Waals surface area (Å²) in [6.45, 7) is 1.97. The SMILES string of the molecule is COc1ccc2c(C)ncnc2c1. The van der Waals surface area contributed by atoms with Gasteiger partial charge in [-0.25, -0.2) is 9.97 Å². The number of hydrogen-bond donors (Lipinski definition) is 0. The highest BCUT2D eigenvalue weighted by atomic mass is 16.5. The van der Waals surface area contributed by atoms with Gasteiger partial charge in [0.05, 0.1) is 12.6 Å². The minimum absolute atomic E-state index is 0.825. The second-order valence-corrected chi connectivity index (χ2v) is 2.84.